The van der Waals surface area contributed by atoms with Crippen LogP contribution in [0, 0.1) is 21.4 Å². The van der Waals surface area contributed by atoms with E-state index in [-0.39, 0.29) is 6.61 Å². The fourth-order valence-electron chi connectivity index (χ4n) is 1.34. The van der Waals surface area contributed by atoms with Gasteiger partial charge in [0.25, 0.3) is 6.43 Å². The number of rotatable bonds is 4. The van der Waals surface area contributed by atoms with Gasteiger partial charge in [-0.1, -0.05) is 0 Å². The fraction of sp³-hybridized carbons (Fsp3) is 0.300. The Bertz CT molecular complexity index is 569. The van der Waals surface area contributed by atoms with Gasteiger partial charge in [-0.3, -0.25) is 10.1 Å². The number of hydrogen-bond acceptors (Lipinski definition) is 6. The molecule has 0 N–H and O–H groups in total. The Hall–Kier alpha value is -2.63. The monoisotopic (exact) mass is 271 g/mol. The lowest BCUT2D eigenvalue weighted by molar-refractivity contribution is -0.385. The molecule has 0 aliphatic rings. The Morgan fingerprint density at radius 2 is 2.32 bits per heavy atom. The van der Waals surface area contributed by atoms with Crippen molar-refractivity contribution >= 4 is 11.7 Å². The quantitative estimate of drug-likeness (QED) is 0.470. The molecule has 0 fully saturated rings. The zero-order valence-electron chi connectivity index (χ0n) is 9.59. The molecule has 1 aromatic heterocycles. The van der Waals surface area contributed by atoms with Crippen LogP contribution in [-0.2, 0) is 4.74 Å². The third-order valence-corrected chi connectivity index (χ3v) is 2.08. The van der Waals surface area contributed by atoms with Crippen LogP contribution < -0.4 is 0 Å². The summed E-state index contributed by atoms with van der Waals surface area (Å²) in [5.41, 5.74) is -3.49. The Kier molecular flexibility index (Phi) is 4.41. The van der Waals surface area contributed by atoms with Gasteiger partial charge in [-0.15, -0.1) is 0 Å². The average molecular weight is 271 g/mol. The first kappa shape index (κ1) is 14.4. The smallest absolute Gasteiger partial charge is 0.341 e. The Balaban J connectivity index is 3.60. The van der Waals surface area contributed by atoms with E-state index >= 15 is 0 Å². The molecule has 0 radical (unpaired) electrons. The van der Waals surface area contributed by atoms with Crippen molar-refractivity contribution in [1.82, 2.24) is 4.98 Å². The van der Waals surface area contributed by atoms with E-state index in [1.807, 2.05) is 0 Å². The van der Waals surface area contributed by atoms with Crippen molar-refractivity contribution in [3.8, 4) is 6.07 Å². The number of alkyl halides is 2. The lowest BCUT2D eigenvalue weighted by Gasteiger charge is -2.08. The first-order valence-electron chi connectivity index (χ1n) is 4.96. The molecule has 0 unspecified atom stereocenters. The number of esters is 1. The predicted molar refractivity (Wildman–Crippen MR) is 56.5 cm³/mol. The average Bonchev–Trinajstić information content (AvgIpc) is 2.36. The number of pyridine rings is 1. The Morgan fingerprint density at radius 3 is 2.74 bits per heavy atom. The molecule has 1 heterocycles. The van der Waals surface area contributed by atoms with Gasteiger partial charge in [0.1, 0.15) is 29.1 Å². The Labute approximate surface area is 105 Å². The second-order valence-electron chi connectivity index (χ2n) is 3.17. The highest BCUT2D eigenvalue weighted by atomic mass is 19.3. The molecule has 0 aliphatic heterocycles. The van der Waals surface area contributed by atoms with Gasteiger partial charge in [-0.25, -0.2) is 18.6 Å². The zero-order valence-corrected chi connectivity index (χ0v) is 9.59. The van der Waals surface area contributed by atoms with Crippen molar-refractivity contribution in [2.75, 3.05) is 6.61 Å². The molecule has 0 atom stereocenters. The zero-order chi connectivity index (χ0) is 14.6. The predicted octanol–water partition coefficient (Wildman–Crippen LogP) is 1.98. The molecule has 0 aliphatic carbocycles. The van der Waals surface area contributed by atoms with Gasteiger partial charge in [-0.2, -0.15) is 5.26 Å². The van der Waals surface area contributed by atoms with Crippen LogP contribution in [0.25, 0.3) is 0 Å². The van der Waals surface area contributed by atoms with Crippen LogP contribution in [0.5, 0.6) is 0 Å². The number of carbonyl (C=O) groups is 1. The van der Waals surface area contributed by atoms with E-state index in [0.29, 0.717) is 6.20 Å². The molecule has 0 bridgehead atoms. The molecule has 1 aromatic rings. The van der Waals surface area contributed by atoms with E-state index in [1.54, 1.807) is 0 Å². The maximum Gasteiger partial charge on any atom is 0.341 e. The van der Waals surface area contributed by atoms with E-state index in [1.165, 1.54) is 13.0 Å². The highest BCUT2D eigenvalue weighted by molar-refractivity contribution is 5.94. The van der Waals surface area contributed by atoms with Crippen LogP contribution >= 0.6 is 0 Å². The molecule has 0 saturated heterocycles. The highest BCUT2D eigenvalue weighted by Crippen LogP contribution is 2.29. The fourth-order valence-corrected chi connectivity index (χ4v) is 1.34. The number of ether oxygens (including phenoxy) is 1. The second-order valence-corrected chi connectivity index (χ2v) is 3.17. The molecule has 7 nitrogen and oxygen atoms in total. The second kappa shape index (κ2) is 5.81. The summed E-state index contributed by atoms with van der Waals surface area (Å²) in [6, 6.07) is 1.36. The minimum absolute atomic E-state index is 0.130. The number of nitriles is 1. The number of carbonyl (C=O) groups excluding carboxylic acids is 1. The molecule has 0 aromatic carbocycles. The number of hydrogen-bond donors (Lipinski definition) is 0. The molecule has 0 spiro atoms. The number of nitrogens with zero attached hydrogens (tertiary/aromatic N) is 3. The van der Waals surface area contributed by atoms with E-state index < -0.39 is 39.8 Å². The van der Waals surface area contributed by atoms with Gasteiger partial charge in [0.05, 0.1) is 11.5 Å². The van der Waals surface area contributed by atoms with Crippen molar-refractivity contribution < 1.29 is 23.2 Å². The largest absolute Gasteiger partial charge is 0.462 e. The lowest BCUT2D eigenvalue weighted by atomic mass is 10.1. The van der Waals surface area contributed by atoms with Crippen molar-refractivity contribution in [3.63, 3.8) is 0 Å². The van der Waals surface area contributed by atoms with Crippen LogP contribution in [0.15, 0.2) is 6.20 Å². The summed E-state index contributed by atoms with van der Waals surface area (Å²) in [5.74, 6) is -1.24. The molecule has 9 heteroatoms. The summed E-state index contributed by atoms with van der Waals surface area (Å²) in [6.45, 7) is 1.30. The third-order valence-electron chi connectivity index (χ3n) is 2.08. The van der Waals surface area contributed by atoms with E-state index in [4.69, 9.17) is 5.26 Å². The molecule has 19 heavy (non-hydrogen) atoms. The van der Waals surface area contributed by atoms with E-state index in [0.717, 1.165) is 0 Å². The van der Waals surface area contributed by atoms with Crippen LogP contribution in [0.2, 0.25) is 0 Å². The summed E-state index contributed by atoms with van der Waals surface area (Å²) in [5, 5.41) is 19.5. The molecule has 100 valence electrons. The van der Waals surface area contributed by atoms with Gasteiger partial charge >= 0.3 is 11.7 Å². The molecular formula is C10H7F2N3O4. The van der Waals surface area contributed by atoms with Crippen molar-refractivity contribution in [3.05, 3.63) is 33.1 Å². The minimum atomic E-state index is -3.16. The van der Waals surface area contributed by atoms with Crippen molar-refractivity contribution in [2.45, 2.75) is 13.3 Å². The Morgan fingerprint density at radius 1 is 1.68 bits per heavy atom. The SMILES string of the molecule is CCOC(=O)c1c(C(F)F)ncc([N+](=O)[O-])c1C#N. The van der Waals surface area contributed by atoms with Gasteiger partial charge in [0, 0.05) is 0 Å². The van der Waals surface area contributed by atoms with Crippen LogP contribution in [-0.4, -0.2) is 22.5 Å². The van der Waals surface area contributed by atoms with Crippen molar-refractivity contribution in [2.24, 2.45) is 0 Å². The highest BCUT2D eigenvalue weighted by Gasteiger charge is 2.31. The maximum absolute atomic E-state index is 12.7. The van der Waals surface area contributed by atoms with Gasteiger partial charge in [0.15, 0.2) is 0 Å². The van der Waals surface area contributed by atoms with E-state index in [2.05, 4.69) is 9.72 Å². The molecule has 1 rings (SSSR count). The number of aromatic nitrogens is 1. The summed E-state index contributed by atoms with van der Waals surface area (Å²) in [4.78, 5) is 24.4. The molecule has 0 saturated carbocycles. The normalized spacial score (nSPS) is 10.1. The van der Waals surface area contributed by atoms with Crippen molar-refractivity contribution in [1.29, 1.82) is 5.26 Å². The first-order chi connectivity index (χ1) is 8.93. The minimum Gasteiger partial charge on any atom is -0.462 e. The first-order valence-corrected chi connectivity index (χ1v) is 4.96. The van der Waals surface area contributed by atoms with Gasteiger partial charge in [-0.05, 0) is 6.92 Å². The number of nitro groups is 1. The third kappa shape index (κ3) is 2.79. The molecule has 0 amide bonds. The summed E-state index contributed by atoms with van der Waals surface area (Å²) >= 11 is 0. The van der Waals surface area contributed by atoms with Gasteiger partial charge < -0.3 is 4.74 Å². The van der Waals surface area contributed by atoms with Gasteiger partial charge in [0.2, 0.25) is 0 Å². The number of halogens is 2. The maximum atomic E-state index is 12.7. The van der Waals surface area contributed by atoms with Crippen LogP contribution in [0.3, 0.4) is 0 Å². The summed E-state index contributed by atoms with van der Waals surface area (Å²) in [7, 11) is 0. The standard InChI is InChI=1S/C10H7F2N3O4/c1-2-19-10(16)7-5(3-13)6(15(17)18)4-14-8(7)9(11)12/h4,9H,2H2,1H3. The van der Waals surface area contributed by atoms with E-state index in [9.17, 15) is 23.7 Å². The van der Waals surface area contributed by atoms with Crippen LogP contribution in [0.4, 0.5) is 14.5 Å². The lowest BCUT2D eigenvalue weighted by Crippen LogP contribution is -2.14. The molecular weight excluding hydrogens is 264 g/mol. The summed E-state index contributed by atoms with van der Waals surface area (Å²) in [6.07, 6.45) is -2.64. The summed E-state index contributed by atoms with van der Waals surface area (Å²) < 4.78 is 30.0. The topological polar surface area (TPSA) is 106 Å². The van der Waals surface area contributed by atoms with Crippen LogP contribution in [0.1, 0.15) is 35.0 Å².